The fourth-order valence-corrected chi connectivity index (χ4v) is 7.49. The van der Waals surface area contributed by atoms with Gasteiger partial charge in [0.15, 0.2) is 22.3 Å². The van der Waals surface area contributed by atoms with Crippen LogP contribution >= 0.6 is 24.4 Å². The molecule has 7 heteroatoms. The van der Waals surface area contributed by atoms with Gasteiger partial charge in [0.25, 0.3) is 0 Å². The number of hydrogen-bond donors (Lipinski definition) is 2. The Labute approximate surface area is 314 Å². The van der Waals surface area contributed by atoms with Crippen LogP contribution in [0.1, 0.15) is 219 Å². The van der Waals surface area contributed by atoms with Gasteiger partial charge in [-0.3, -0.25) is 0 Å². The molecule has 0 bridgehead atoms. The van der Waals surface area contributed by atoms with Crippen molar-refractivity contribution in [2.45, 2.75) is 244 Å². The molecule has 0 aromatic rings. The fourth-order valence-electron chi connectivity index (χ4n) is 6.97. The molecule has 1 saturated heterocycles. The van der Waals surface area contributed by atoms with Gasteiger partial charge < -0.3 is 24.4 Å². The largest absolute Gasteiger partial charge is 0.479 e. The van der Waals surface area contributed by atoms with Gasteiger partial charge in [0.2, 0.25) is 0 Å². The summed E-state index contributed by atoms with van der Waals surface area (Å²) in [5, 5.41) is 21.9. The molecule has 4 atom stereocenters. The zero-order valence-electron chi connectivity index (χ0n) is 32.3. The van der Waals surface area contributed by atoms with E-state index in [-0.39, 0.29) is 13.2 Å². The number of ether oxygens (including phenoxy) is 3. The van der Waals surface area contributed by atoms with Crippen LogP contribution in [0.4, 0.5) is 0 Å². The van der Waals surface area contributed by atoms with Gasteiger partial charge in [-0.25, -0.2) is 0 Å². The summed E-state index contributed by atoms with van der Waals surface area (Å²) in [7, 11) is 0. The molecule has 0 radical (unpaired) electrons. The van der Waals surface area contributed by atoms with E-state index in [1.807, 2.05) is 0 Å². The third kappa shape index (κ3) is 27.0. The summed E-state index contributed by atoms with van der Waals surface area (Å²) >= 11 is 11.0. The molecule has 0 aliphatic carbocycles. The minimum atomic E-state index is -0.955. The third-order valence-electron chi connectivity index (χ3n) is 10.3. The lowest BCUT2D eigenvalue weighted by atomic mass is 10.00. The van der Waals surface area contributed by atoms with Crippen LogP contribution in [0.3, 0.4) is 0 Å². The lowest BCUT2D eigenvalue weighted by molar-refractivity contribution is -0.186. The molecule has 0 unspecified atom stereocenters. The van der Waals surface area contributed by atoms with E-state index >= 15 is 0 Å². The number of thiocarbonyl (C=S) groups is 2. The Balaban J connectivity index is 2.08. The number of unbranched alkanes of at least 4 members (excludes halogenated alkanes) is 28. The Hall–Kier alpha value is -0.340. The van der Waals surface area contributed by atoms with Gasteiger partial charge in [-0.2, -0.15) is 0 Å². The van der Waals surface area contributed by atoms with Crippen molar-refractivity contribution in [2.24, 2.45) is 0 Å². The topological polar surface area (TPSA) is 68.2 Å². The smallest absolute Gasteiger partial charge is 0.160 e. The molecule has 1 fully saturated rings. The highest BCUT2D eigenvalue weighted by Crippen LogP contribution is 2.24. The zero-order valence-corrected chi connectivity index (χ0v) is 33.9. The van der Waals surface area contributed by atoms with Crippen molar-refractivity contribution in [1.29, 1.82) is 0 Å². The summed E-state index contributed by atoms with van der Waals surface area (Å²) in [6.07, 6.45) is 38.3. The van der Waals surface area contributed by atoms with E-state index < -0.39 is 24.4 Å². The Morgan fingerprint density at radius 1 is 0.510 bits per heavy atom. The lowest BCUT2D eigenvalue weighted by Crippen LogP contribution is -2.56. The Kier molecular flexibility index (Phi) is 33.1. The van der Waals surface area contributed by atoms with Gasteiger partial charge in [-0.1, -0.05) is 194 Å². The van der Waals surface area contributed by atoms with Gasteiger partial charge >= 0.3 is 0 Å². The second-order valence-electron chi connectivity index (χ2n) is 14.9. The van der Waals surface area contributed by atoms with E-state index in [9.17, 15) is 10.2 Å². The first-order valence-corrected chi connectivity index (χ1v) is 22.1. The van der Waals surface area contributed by atoms with Crippen LogP contribution in [0.15, 0.2) is 0 Å². The second-order valence-corrected chi connectivity index (χ2v) is 15.8. The summed E-state index contributed by atoms with van der Waals surface area (Å²) in [5.41, 5.74) is 0. The molecule has 0 amide bonds. The Bertz CT molecular complexity index is 751. The van der Waals surface area contributed by atoms with Crippen molar-refractivity contribution in [3.05, 3.63) is 0 Å². The first-order chi connectivity index (χ1) is 24.0. The van der Waals surface area contributed by atoms with Crippen molar-refractivity contribution in [2.75, 3.05) is 13.2 Å². The maximum atomic E-state index is 11.1. The summed E-state index contributed by atoms with van der Waals surface area (Å²) in [6, 6.07) is 0. The minimum absolute atomic E-state index is 0.178. The predicted molar refractivity (Wildman–Crippen MR) is 217 cm³/mol. The molecule has 290 valence electrons. The number of hydrogen-bond acceptors (Lipinski definition) is 7. The molecule has 0 aromatic heterocycles. The molecule has 5 nitrogen and oxygen atoms in total. The lowest BCUT2D eigenvalue weighted by Gasteiger charge is -2.39. The van der Waals surface area contributed by atoms with Crippen LogP contribution in [0.2, 0.25) is 0 Å². The number of rotatable bonds is 35. The molecular formula is C42H80O5S2. The highest BCUT2D eigenvalue weighted by Gasteiger charge is 2.42. The first kappa shape index (κ1) is 46.7. The van der Waals surface area contributed by atoms with Crippen LogP contribution in [0.25, 0.3) is 0 Å². The van der Waals surface area contributed by atoms with Crippen LogP contribution in [-0.2, 0) is 14.2 Å². The number of aliphatic hydroxyl groups is 2. The van der Waals surface area contributed by atoms with E-state index in [0.29, 0.717) is 22.9 Å². The van der Waals surface area contributed by atoms with E-state index in [2.05, 4.69) is 13.8 Å². The molecule has 1 aliphatic rings. The normalized spacial score (nSPS) is 19.3. The van der Waals surface area contributed by atoms with E-state index in [4.69, 9.17) is 38.6 Å². The van der Waals surface area contributed by atoms with Gasteiger partial charge in [-0.15, -0.1) is 0 Å². The maximum absolute atomic E-state index is 11.1. The van der Waals surface area contributed by atoms with Crippen molar-refractivity contribution in [3.8, 4) is 0 Å². The van der Waals surface area contributed by atoms with Crippen LogP contribution < -0.4 is 0 Å². The average molecular weight is 729 g/mol. The first-order valence-electron chi connectivity index (χ1n) is 21.3. The van der Waals surface area contributed by atoms with E-state index in [0.717, 1.165) is 25.7 Å². The summed E-state index contributed by atoms with van der Waals surface area (Å²) < 4.78 is 17.8. The highest BCUT2D eigenvalue weighted by atomic mass is 32.1. The molecule has 0 saturated carbocycles. The van der Waals surface area contributed by atoms with Crippen LogP contribution in [0.5, 0.6) is 0 Å². The van der Waals surface area contributed by atoms with Crippen molar-refractivity contribution < 1.29 is 24.4 Å². The van der Waals surface area contributed by atoms with Crippen molar-refractivity contribution >= 4 is 34.5 Å². The molecule has 1 aliphatic heterocycles. The van der Waals surface area contributed by atoms with E-state index in [1.165, 1.54) is 167 Å². The van der Waals surface area contributed by atoms with Gasteiger partial charge in [0.05, 0.1) is 13.2 Å². The zero-order chi connectivity index (χ0) is 35.6. The molecule has 1 heterocycles. The van der Waals surface area contributed by atoms with Crippen molar-refractivity contribution in [3.63, 3.8) is 0 Å². The molecule has 0 spiro atoms. The van der Waals surface area contributed by atoms with Gasteiger partial charge in [-0.05, 0) is 37.3 Å². The molecule has 2 N–H and O–H groups in total. The molecule has 1 rings (SSSR count). The van der Waals surface area contributed by atoms with E-state index in [1.54, 1.807) is 0 Å². The minimum Gasteiger partial charge on any atom is -0.479 e. The average Bonchev–Trinajstić information content (AvgIpc) is 3.10. The monoisotopic (exact) mass is 729 g/mol. The molecule has 0 aromatic carbocycles. The second kappa shape index (κ2) is 34.7. The highest BCUT2D eigenvalue weighted by molar-refractivity contribution is 7.80. The number of aliphatic hydroxyl groups excluding tert-OH is 2. The van der Waals surface area contributed by atoms with Gasteiger partial charge in [0.1, 0.15) is 12.2 Å². The van der Waals surface area contributed by atoms with Crippen molar-refractivity contribution in [1.82, 2.24) is 0 Å². The Morgan fingerprint density at radius 2 is 0.816 bits per heavy atom. The van der Waals surface area contributed by atoms with Gasteiger partial charge in [0, 0.05) is 12.8 Å². The molecular weight excluding hydrogens is 649 g/mol. The standard InChI is InChI=1S/C42H80O5S2/c1-3-5-7-9-11-13-15-17-19-21-23-25-27-29-31-33-39(48)46-38-36-45-37(35-43)42(41(38)44)47-40(49)34-32-30-28-26-24-22-20-18-16-14-12-10-8-6-4-2/h37-38,41-44H,3-36H2,1-2H3/t37-,38+,41-,42-/m0/s1. The van der Waals surface area contributed by atoms with Crippen LogP contribution in [-0.4, -0.2) is 57.9 Å². The Morgan fingerprint density at radius 3 is 1.14 bits per heavy atom. The molecule has 49 heavy (non-hydrogen) atoms. The summed E-state index contributed by atoms with van der Waals surface area (Å²) in [5.74, 6) is 0. The summed E-state index contributed by atoms with van der Waals surface area (Å²) in [6.45, 7) is 4.50. The predicted octanol–water partition coefficient (Wildman–Crippen LogP) is 12.7. The quantitative estimate of drug-likeness (QED) is 0.0497. The fraction of sp³-hybridized carbons (Fsp3) is 0.952. The maximum Gasteiger partial charge on any atom is 0.160 e. The SMILES string of the molecule is CCCCCCCCCCCCCCCCCC(=S)O[C@@H]1[C@@H](O)[C@H](OC(=S)CCCCCCCCCCCCCCCCC)CO[C@H]1CO. The summed E-state index contributed by atoms with van der Waals surface area (Å²) in [4.78, 5) is 0. The third-order valence-corrected chi connectivity index (χ3v) is 10.9. The van der Waals surface area contributed by atoms with Crippen LogP contribution in [0, 0.1) is 0 Å².